The molecule has 0 saturated carbocycles. The lowest BCUT2D eigenvalue weighted by molar-refractivity contribution is -0.182. The van der Waals surface area contributed by atoms with Crippen molar-refractivity contribution < 1.29 is 24.8 Å². The third-order valence-electron chi connectivity index (χ3n) is 2.31. The highest BCUT2D eigenvalue weighted by Gasteiger charge is 2.05. The van der Waals surface area contributed by atoms with E-state index in [0.717, 1.165) is 0 Å². The number of hydrogen-bond donors (Lipinski definition) is 2. The number of phenolic OH excluding ortho intramolecular Hbond substituents is 1. The fourth-order valence-corrected chi connectivity index (χ4v) is 1.72. The van der Waals surface area contributed by atoms with Crippen molar-refractivity contribution in [3.63, 3.8) is 0 Å². The summed E-state index contributed by atoms with van der Waals surface area (Å²) in [5.74, 6) is -0.282. The van der Waals surface area contributed by atoms with E-state index in [4.69, 9.17) is 38.3 Å². The summed E-state index contributed by atoms with van der Waals surface area (Å²) in [6, 6.07) is 11.0. The number of carbonyl (C=O) groups is 1. The second-order valence-corrected chi connectivity index (χ2v) is 4.50. The van der Waals surface area contributed by atoms with Crippen molar-refractivity contribution in [2.24, 2.45) is 0 Å². The van der Waals surface area contributed by atoms with Crippen molar-refractivity contribution in [3.05, 3.63) is 58.1 Å². The zero-order valence-electron chi connectivity index (χ0n) is 10.9. The highest BCUT2D eigenvalue weighted by molar-refractivity contribution is 6.33. The Morgan fingerprint density at radius 2 is 1.81 bits per heavy atom. The molecule has 0 saturated heterocycles. The van der Waals surface area contributed by atoms with Gasteiger partial charge in [-0.05, 0) is 30.3 Å². The summed E-state index contributed by atoms with van der Waals surface area (Å²) >= 11 is 11.2. The predicted molar refractivity (Wildman–Crippen MR) is 79.2 cm³/mol. The van der Waals surface area contributed by atoms with Gasteiger partial charge < -0.3 is 9.84 Å². The summed E-state index contributed by atoms with van der Waals surface area (Å²) in [7, 11) is 1.50. The number of hydrogen-bond acceptors (Lipinski definition) is 5. The first kappa shape index (κ1) is 17.1. The predicted octanol–water partition coefficient (Wildman–Crippen LogP) is 4.02. The SMILES string of the molecule is COc1cccc(O)c1Cl.O=C(OO)c1cccc(Cl)c1. The van der Waals surface area contributed by atoms with Crippen LogP contribution in [0.5, 0.6) is 11.5 Å². The molecule has 0 spiro atoms. The number of carbonyl (C=O) groups excluding carboxylic acids is 1. The zero-order valence-corrected chi connectivity index (χ0v) is 12.4. The lowest BCUT2D eigenvalue weighted by Crippen LogP contribution is -2.00. The molecule has 5 nitrogen and oxygen atoms in total. The molecule has 21 heavy (non-hydrogen) atoms. The van der Waals surface area contributed by atoms with Crippen molar-refractivity contribution in [3.8, 4) is 11.5 Å². The molecule has 2 N–H and O–H groups in total. The highest BCUT2D eigenvalue weighted by atomic mass is 35.5. The topological polar surface area (TPSA) is 76.0 Å². The second-order valence-electron chi connectivity index (χ2n) is 3.68. The van der Waals surface area contributed by atoms with Crippen LogP contribution in [-0.4, -0.2) is 23.4 Å². The van der Waals surface area contributed by atoms with Crippen LogP contribution in [-0.2, 0) is 4.89 Å². The number of rotatable bonds is 2. The number of ether oxygens (including phenoxy) is 1. The monoisotopic (exact) mass is 330 g/mol. The van der Waals surface area contributed by atoms with E-state index in [0.29, 0.717) is 10.8 Å². The Morgan fingerprint density at radius 3 is 2.33 bits per heavy atom. The number of phenols is 1. The van der Waals surface area contributed by atoms with E-state index in [2.05, 4.69) is 4.89 Å². The molecule has 0 aliphatic rings. The normalized spacial score (nSPS) is 9.33. The molecule has 2 aromatic rings. The lowest BCUT2D eigenvalue weighted by atomic mass is 10.2. The Balaban J connectivity index is 0.000000211. The fourth-order valence-electron chi connectivity index (χ4n) is 1.33. The van der Waals surface area contributed by atoms with Crippen molar-refractivity contribution in [2.75, 3.05) is 7.11 Å². The van der Waals surface area contributed by atoms with Crippen LogP contribution in [0, 0.1) is 0 Å². The maximum Gasteiger partial charge on any atom is 0.372 e. The Morgan fingerprint density at radius 1 is 1.14 bits per heavy atom. The number of aromatic hydroxyl groups is 1. The van der Waals surface area contributed by atoms with E-state index in [1.807, 2.05) is 0 Å². The Kier molecular flexibility index (Phi) is 6.81. The first-order chi connectivity index (χ1) is 9.99. The summed E-state index contributed by atoms with van der Waals surface area (Å²) in [5.41, 5.74) is 0.222. The lowest BCUT2D eigenvalue weighted by Gasteiger charge is -2.02. The van der Waals surface area contributed by atoms with E-state index in [9.17, 15) is 4.79 Å². The van der Waals surface area contributed by atoms with Gasteiger partial charge in [-0.3, -0.25) is 4.89 Å². The van der Waals surface area contributed by atoms with E-state index in [-0.39, 0.29) is 16.3 Å². The Labute approximate surface area is 131 Å². The van der Waals surface area contributed by atoms with Crippen LogP contribution >= 0.6 is 23.2 Å². The van der Waals surface area contributed by atoms with Crippen LogP contribution in [0.25, 0.3) is 0 Å². The highest BCUT2D eigenvalue weighted by Crippen LogP contribution is 2.31. The zero-order chi connectivity index (χ0) is 15.8. The molecule has 0 unspecified atom stereocenters. The summed E-state index contributed by atoms with van der Waals surface area (Å²) < 4.78 is 4.83. The van der Waals surface area contributed by atoms with E-state index >= 15 is 0 Å². The quantitative estimate of drug-likeness (QED) is 0.642. The number of halogens is 2. The molecule has 0 radical (unpaired) electrons. The summed E-state index contributed by atoms with van der Waals surface area (Å²) in [4.78, 5) is 14.1. The minimum Gasteiger partial charge on any atom is -0.506 e. The van der Waals surface area contributed by atoms with Crippen LogP contribution in [0.4, 0.5) is 0 Å². The molecule has 0 aromatic heterocycles. The smallest absolute Gasteiger partial charge is 0.372 e. The minimum absolute atomic E-state index is 0.0426. The van der Waals surface area contributed by atoms with Gasteiger partial charge in [0, 0.05) is 5.02 Å². The summed E-state index contributed by atoms with van der Waals surface area (Å²) in [5, 5.41) is 17.7. The van der Waals surface area contributed by atoms with Crippen LogP contribution in [0.1, 0.15) is 10.4 Å². The van der Waals surface area contributed by atoms with Crippen LogP contribution in [0.3, 0.4) is 0 Å². The van der Waals surface area contributed by atoms with Crippen molar-refractivity contribution in [1.29, 1.82) is 0 Å². The van der Waals surface area contributed by atoms with E-state index < -0.39 is 5.97 Å². The molecular weight excluding hydrogens is 319 g/mol. The maximum atomic E-state index is 10.6. The van der Waals surface area contributed by atoms with Gasteiger partial charge in [0.15, 0.2) is 0 Å². The van der Waals surface area contributed by atoms with Crippen molar-refractivity contribution in [2.45, 2.75) is 0 Å². The molecule has 7 heteroatoms. The molecule has 0 heterocycles. The number of methoxy groups -OCH3 is 1. The second kappa shape index (κ2) is 8.36. The molecule has 112 valence electrons. The fraction of sp³-hybridized carbons (Fsp3) is 0.0714. The van der Waals surface area contributed by atoms with Gasteiger partial charge in [0.2, 0.25) is 0 Å². The van der Waals surface area contributed by atoms with Gasteiger partial charge in [0.05, 0.1) is 12.7 Å². The molecule has 0 fully saturated rings. The molecule has 0 aliphatic heterocycles. The molecule has 0 aliphatic carbocycles. The van der Waals surface area contributed by atoms with Crippen LogP contribution in [0.15, 0.2) is 42.5 Å². The van der Waals surface area contributed by atoms with Gasteiger partial charge in [-0.25, -0.2) is 4.79 Å². The largest absolute Gasteiger partial charge is 0.506 e. The maximum absolute atomic E-state index is 10.6. The third-order valence-corrected chi connectivity index (χ3v) is 2.92. The van der Waals surface area contributed by atoms with Gasteiger partial charge >= 0.3 is 5.97 Å². The van der Waals surface area contributed by atoms with Crippen molar-refractivity contribution >= 4 is 29.2 Å². The van der Waals surface area contributed by atoms with Gasteiger partial charge in [-0.15, -0.1) is 0 Å². The first-order valence-electron chi connectivity index (χ1n) is 5.62. The summed E-state index contributed by atoms with van der Waals surface area (Å²) in [6.45, 7) is 0. The Bertz CT molecular complexity index is 616. The van der Waals surface area contributed by atoms with Crippen molar-refractivity contribution in [1.82, 2.24) is 0 Å². The summed E-state index contributed by atoms with van der Waals surface area (Å²) in [6.07, 6.45) is 0. The average Bonchev–Trinajstić information content (AvgIpc) is 2.50. The minimum atomic E-state index is -0.813. The third kappa shape index (κ3) is 5.15. The van der Waals surface area contributed by atoms with E-state index in [1.165, 1.54) is 25.3 Å². The number of benzene rings is 2. The van der Waals surface area contributed by atoms with Gasteiger partial charge in [-0.1, -0.05) is 35.3 Å². The molecule has 0 atom stereocenters. The average molecular weight is 331 g/mol. The van der Waals surface area contributed by atoms with Crippen LogP contribution < -0.4 is 4.74 Å². The first-order valence-corrected chi connectivity index (χ1v) is 6.38. The molecule has 0 amide bonds. The van der Waals surface area contributed by atoms with Crippen LogP contribution in [0.2, 0.25) is 10.0 Å². The molecule has 0 bridgehead atoms. The molecule has 2 aromatic carbocycles. The van der Waals surface area contributed by atoms with Gasteiger partial charge in [0.1, 0.15) is 16.5 Å². The van der Waals surface area contributed by atoms with Gasteiger partial charge in [0.25, 0.3) is 0 Å². The van der Waals surface area contributed by atoms with E-state index in [1.54, 1.807) is 24.3 Å². The standard InChI is InChI=1S/C7H5ClO3.C7H7ClO2/c8-6-3-1-2-5(4-6)7(9)11-10;1-10-6-4-2-3-5(9)7(6)8/h1-4,10H;2-4,9H,1H3. The molecular formula is C14H12Cl2O5. The molecule has 2 rings (SSSR count). The Hall–Kier alpha value is -1.95. The van der Waals surface area contributed by atoms with Gasteiger partial charge in [-0.2, -0.15) is 5.26 Å².